The summed E-state index contributed by atoms with van der Waals surface area (Å²) in [5.74, 6) is 1.18. The third-order valence-corrected chi connectivity index (χ3v) is 5.07. The van der Waals surface area contributed by atoms with Crippen LogP contribution in [-0.4, -0.2) is 53.1 Å². The number of nitrogens with two attached hydrogens (primary N) is 1. The number of anilines is 1. The molecule has 0 aliphatic heterocycles. The van der Waals surface area contributed by atoms with Crippen molar-refractivity contribution in [3.8, 4) is 0 Å². The van der Waals surface area contributed by atoms with E-state index < -0.39 is 12.2 Å². The number of thioether (sulfide) groups is 1. The van der Waals surface area contributed by atoms with Crippen LogP contribution in [0, 0.1) is 5.92 Å². The smallest absolute Gasteiger partial charge is 0.191 e. The summed E-state index contributed by atoms with van der Waals surface area (Å²) in [6.45, 7) is 3.98. The van der Waals surface area contributed by atoms with Crippen molar-refractivity contribution in [1.29, 1.82) is 0 Å². The Morgan fingerprint density at radius 2 is 2.09 bits per heavy atom. The normalized spacial score (nSPS) is 28.5. The Hall–Kier alpha value is -1.45. The molecule has 3 rings (SSSR count). The lowest BCUT2D eigenvalue weighted by molar-refractivity contribution is 0.00767. The fourth-order valence-electron chi connectivity index (χ4n) is 2.78. The first-order chi connectivity index (χ1) is 10.5. The number of hydrogen-bond acceptors (Lipinski definition) is 8. The molecule has 4 N–H and O–H groups in total. The summed E-state index contributed by atoms with van der Waals surface area (Å²) in [4.78, 5) is 8.71. The van der Waals surface area contributed by atoms with Crippen LogP contribution in [0.15, 0.2) is 5.16 Å². The summed E-state index contributed by atoms with van der Waals surface area (Å²) in [6, 6.07) is -0.353. The summed E-state index contributed by atoms with van der Waals surface area (Å²) in [5, 5.41) is 28.9. The van der Waals surface area contributed by atoms with Gasteiger partial charge in [0.05, 0.1) is 12.1 Å². The molecule has 2 aromatic rings. The average Bonchev–Trinajstić information content (AvgIpc) is 3.02. The van der Waals surface area contributed by atoms with Crippen molar-refractivity contribution in [2.24, 2.45) is 5.92 Å². The van der Waals surface area contributed by atoms with E-state index in [1.165, 1.54) is 11.8 Å². The first kappa shape index (κ1) is 15.4. The number of rotatable bonds is 4. The zero-order valence-corrected chi connectivity index (χ0v) is 13.4. The summed E-state index contributed by atoms with van der Waals surface area (Å²) >= 11 is 1.52. The van der Waals surface area contributed by atoms with Gasteiger partial charge in [-0.25, -0.2) is 14.6 Å². The molecule has 0 aromatic carbocycles. The van der Waals surface area contributed by atoms with Crippen LogP contribution in [0.25, 0.3) is 11.2 Å². The molecule has 8 nitrogen and oxygen atoms in total. The van der Waals surface area contributed by atoms with Crippen LogP contribution in [-0.2, 0) is 0 Å². The van der Waals surface area contributed by atoms with Crippen molar-refractivity contribution in [2.45, 2.75) is 50.1 Å². The maximum Gasteiger partial charge on any atom is 0.191 e. The van der Waals surface area contributed by atoms with E-state index in [4.69, 9.17) is 5.73 Å². The number of hydrogen-bond donors (Lipinski definition) is 3. The highest BCUT2D eigenvalue weighted by Crippen LogP contribution is 2.36. The van der Waals surface area contributed by atoms with E-state index in [1.54, 1.807) is 4.68 Å². The van der Waals surface area contributed by atoms with Gasteiger partial charge in [0.15, 0.2) is 22.1 Å². The molecule has 1 saturated carbocycles. The lowest BCUT2D eigenvalue weighted by Crippen LogP contribution is -2.29. The molecule has 0 radical (unpaired) electrons. The van der Waals surface area contributed by atoms with Gasteiger partial charge >= 0.3 is 0 Å². The van der Waals surface area contributed by atoms with Crippen LogP contribution >= 0.6 is 11.8 Å². The topological polar surface area (TPSA) is 123 Å². The molecule has 1 aliphatic carbocycles. The van der Waals surface area contributed by atoms with Crippen molar-refractivity contribution in [3.63, 3.8) is 0 Å². The number of fused-ring (bicyclic) bond motifs is 1. The minimum Gasteiger partial charge on any atom is -0.390 e. The summed E-state index contributed by atoms with van der Waals surface area (Å²) < 4.78 is 1.57. The number of aliphatic hydroxyl groups excluding tert-OH is 2. The molecule has 2 aromatic heterocycles. The highest BCUT2D eigenvalue weighted by molar-refractivity contribution is 7.99. The van der Waals surface area contributed by atoms with Gasteiger partial charge in [-0.2, -0.15) is 0 Å². The van der Waals surface area contributed by atoms with Gasteiger partial charge in [0.25, 0.3) is 0 Å². The first-order valence-corrected chi connectivity index (χ1v) is 8.38. The summed E-state index contributed by atoms with van der Waals surface area (Å²) in [5.41, 5.74) is 6.88. The van der Waals surface area contributed by atoms with Crippen molar-refractivity contribution >= 4 is 28.7 Å². The van der Waals surface area contributed by atoms with E-state index in [0.29, 0.717) is 22.7 Å². The van der Waals surface area contributed by atoms with Gasteiger partial charge in [-0.15, -0.1) is 5.10 Å². The van der Waals surface area contributed by atoms with Crippen molar-refractivity contribution in [2.75, 3.05) is 11.5 Å². The second-order valence-corrected chi connectivity index (χ2v) is 6.77. The van der Waals surface area contributed by atoms with Gasteiger partial charge in [-0.1, -0.05) is 30.8 Å². The van der Waals surface area contributed by atoms with Crippen LogP contribution < -0.4 is 5.73 Å². The second kappa shape index (κ2) is 5.98. The van der Waals surface area contributed by atoms with Crippen molar-refractivity contribution < 1.29 is 10.2 Å². The Labute approximate surface area is 132 Å². The first-order valence-electron chi connectivity index (χ1n) is 7.40. The highest BCUT2D eigenvalue weighted by Gasteiger charge is 2.41. The number of aromatic nitrogens is 5. The molecule has 120 valence electrons. The van der Waals surface area contributed by atoms with Gasteiger partial charge in [0.2, 0.25) is 0 Å². The lowest BCUT2D eigenvalue weighted by Gasteiger charge is -2.16. The molecule has 1 fully saturated rings. The fourth-order valence-corrected chi connectivity index (χ4v) is 3.48. The maximum absolute atomic E-state index is 10.2. The van der Waals surface area contributed by atoms with Crippen LogP contribution in [0.1, 0.15) is 32.7 Å². The molecule has 22 heavy (non-hydrogen) atoms. The number of aliphatic hydroxyl groups is 2. The van der Waals surface area contributed by atoms with E-state index >= 15 is 0 Å². The number of nitrogens with zero attached hydrogens (tertiary/aromatic N) is 5. The van der Waals surface area contributed by atoms with Crippen molar-refractivity contribution in [1.82, 2.24) is 25.0 Å². The van der Waals surface area contributed by atoms with E-state index in [9.17, 15) is 10.2 Å². The van der Waals surface area contributed by atoms with Gasteiger partial charge in [-0.05, 0) is 18.8 Å². The van der Waals surface area contributed by atoms with Crippen LogP contribution in [0.3, 0.4) is 0 Å². The second-order valence-electron chi connectivity index (χ2n) is 5.71. The molecule has 0 spiro atoms. The molecule has 1 aliphatic rings. The van der Waals surface area contributed by atoms with Gasteiger partial charge in [0, 0.05) is 5.75 Å². The molecule has 0 amide bonds. The minimum atomic E-state index is -0.886. The highest BCUT2D eigenvalue weighted by atomic mass is 32.2. The molecule has 2 heterocycles. The third-order valence-electron chi connectivity index (χ3n) is 4.02. The van der Waals surface area contributed by atoms with Crippen LogP contribution in [0.2, 0.25) is 0 Å². The largest absolute Gasteiger partial charge is 0.390 e. The molecular weight excluding hydrogens is 304 g/mol. The summed E-state index contributed by atoms with van der Waals surface area (Å²) in [6.07, 6.45) is -0.0309. The quantitative estimate of drug-likeness (QED) is 0.552. The van der Waals surface area contributed by atoms with E-state index in [1.807, 2.05) is 6.92 Å². The monoisotopic (exact) mass is 324 g/mol. The van der Waals surface area contributed by atoms with E-state index in [-0.39, 0.29) is 17.8 Å². The van der Waals surface area contributed by atoms with Crippen LogP contribution in [0.5, 0.6) is 0 Å². The van der Waals surface area contributed by atoms with Gasteiger partial charge < -0.3 is 15.9 Å². The lowest BCUT2D eigenvalue weighted by atomic mass is 10.1. The van der Waals surface area contributed by atoms with Gasteiger partial charge in [-0.3, -0.25) is 0 Å². The maximum atomic E-state index is 10.2. The molecule has 0 bridgehead atoms. The molecule has 0 saturated heterocycles. The number of nitrogen functional groups attached to an aromatic ring is 1. The molecule has 4 atom stereocenters. The predicted octanol–water partition coefficient (Wildman–Crippen LogP) is 0.608. The Kier molecular flexibility index (Phi) is 4.20. The Bertz CT molecular complexity index is 678. The van der Waals surface area contributed by atoms with Crippen LogP contribution in [0.4, 0.5) is 5.82 Å². The van der Waals surface area contributed by atoms with Crippen molar-refractivity contribution in [3.05, 3.63) is 0 Å². The molecule has 3 unspecified atom stereocenters. The molecular formula is C13H20N6O2S. The van der Waals surface area contributed by atoms with E-state index in [0.717, 1.165) is 12.2 Å². The fraction of sp³-hybridized carbons (Fsp3) is 0.692. The molecule has 9 heteroatoms. The van der Waals surface area contributed by atoms with E-state index in [2.05, 4.69) is 27.2 Å². The zero-order valence-electron chi connectivity index (χ0n) is 12.5. The Balaban J connectivity index is 2.02. The third kappa shape index (κ3) is 2.53. The van der Waals surface area contributed by atoms with Gasteiger partial charge in [0.1, 0.15) is 6.10 Å². The zero-order chi connectivity index (χ0) is 15.9. The SMILES string of the molecule is CCCSc1nc(N)c2nnn(C3CC(C)C(O)[C@H]3O)c2n1. The predicted molar refractivity (Wildman–Crippen MR) is 83.4 cm³/mol. The Morgan fingerprint density at radius 3 is 2.73 bits per heavy atom. The standard InChI is InChI=1S/C13H20N6O2S/c1-3-4-22-13-15-11(14)8-12(16-13)19(18-17-8)7-5-6(2)9(20)10(7)21/h6-7,9-10,20-21H,3-5H2,1-2H3,(H2,14,15,16)/t6?,7?,9?,10-/m0/s1. The Morgan fingerprint density at radius 1 is 1.32 bits per heavy atom. The average molecular weight is 324 g/mol. The minimum absolute atomic E-state index is 0.00706. The summed E-state index contributed by atoms with van der Waals surface area (Å²) in [7, 11) is 0.